The molecule has 2 saturated carbocycles. The zero-order valence-electron chi connectivity index (χ0n) is 14.5. The molecule has 1 aliphatic heterocycles. The number of carbonyl (C=O) groups is 1. The Balaban J connectivity index is 0.000000351. The third-order valence-electron chi connectivity index (χ3n) is 4.14. The van der Waals surface area contributed by atoms with Crippen LogP contribution in [0.15, 0.2) is 18.6 Å². The summed E-state index contributed by atoms with van der Waals surface area (Å²) in [6, 6.07) is 0. The summed E-state index contributed by atoms with van der Waals surface area (Å²) in [5.74, 6) is 1.31. The van der Waals surface area contributed by atoms with Gasteiger partial charge in [-0.1, -0.05) is 0 Å². The van der Waals surface area contributed by atoms with Crippen LogP contribution < -0.4 is 0 Å². The fourth-order valence-electron chi connectivity index (χ4n) is 2.78. The van der Waals surface area contributed by atoms with E-state index in [0.29, 0.717) is 5.69 Å². The molecule has 1 amide bonds. The molecular weight excluding hydrogens is 368 g/mol. The van der Waals surface area contributed by atoms with Gasteiger partial charge in [0.2, 0.25) is 0 Å². The first-order valence-corrected chi connectivity index (χ1v) is 8.48. The van der Waals surface area contributed by atoms with Crippen LogP contribution in [0.2, 0.25) is 0 Å². The molecule has 2 aliphatic carbocycles. The van der Waals surface area contributed by atoms with E-state index in [0.717, 1.165) is 32.7 Å². The first kappa shape index (κ1) is 21.3. The maximum atomic E-state index is 12.2. The van der Waals surface area contributed by atoms with E-state index in [4.69, 9.17) is 0 Å². The van der Waals surface area contributed by atoms with Crippen molar-refractivity contribution in [3.8, 4) is 0 Å². The summed E-state index contributed by atoms with van der Waals surface area (Å²) in [5.41, 5.74) is 0.428. The first-order valence-electron chi connectivity index (χ1n) is 8.48. The normalized spacial score (nSPS) is 21.0. The van der Waals surface area contributed by atoms with Crippen LogP contribution in [-0.4, -0.2) is 58.4 Å². The van der Waals surface area contributed by atoms with Gasteiger partial charge in [-0.15, -0.1) is 0 Å². The molecule has 0 spiro atoms. The van der Waals surface area contributed by atoms with Gasteiger partial charge in [0.1, 0.15) is 5.69 Å². The number of amides is 1. The summed E-state index contributed by atoms with van der Waals surface area (Å²) in [4.78, 5) is 24.5. The van der Waals surface area contributed by atoms with Crippen LogP contribution in [0.3, 0.4) is 0 Å². The predicted octanol–water partition coefficient (Wildman–Crippen LogP) is 1.66. The maximum Gasteiger partial charge on any atom is 2.00 e. The van der Waals surface area contributed by atoms with E-state index in [9.17, 15) is 4.79 Å². The molecule has 0 bridgehead atoms. The molecule has 26 heavy (non-hydrogen) atoms. The van der Waals surface area contributed by atoms with Crippen LogP contribution in [0, 0.1) is 63.7 Å². The summed E-state index contributed by atoms with van der Waals surface area (Å²) >= 11 is 0. The number of hydrogen-bond donors (Lipinski definition) is 0. The Hall–Kier alpha value is -0.971. The minimum atomic E-state index is -0.0222. The number of carbonyl (C=O) groups excluding carboxylic acids is 1. The van der Waals surface area contributed by atoms with Crippen LogP contribution in [0.1, 0.15) is 10.5 Å². The van der Waals surface area contributed by atoms with Gasteiger partial charge >= 0.3 is 17.1 Å². The number of rotatable bonds is 3. The molecule has 134 valence electrons. The summed E-state index contributed by atoms with van der Waals surface area (Å²) in [6.45, 7) is 4.25. The quantitative estimate of drug-likeness (QED) is 0.737. The van der Waals surface area contributed by atoms with E-state index in [-0.39, 0.29) is 23.0 Å². The van der Waals surface area contributed by atoms with Gasteiger partial charge < -0.3 is 4.90 Å². The molecule has 6 heteroatoms. The molecule has 1 saturated heterocycles. The van der Waals surface area contributed by atoms with Crippen molar-refractivity contribution in [1.82, 2.24) is 19.8 Å². The average Bonchev–Trinajstić information content (AvgIpc) is 3.39. The van der Waals surface area contributed by atoms with Crippen LogP contribution in [0.25, 0.3) is 0 Å². The molecular formula is C20H22FeN4O+2. The third-order valence-corrected chi connectivity index (χ3v) is 4.14. The van der Waals surface area contributed by atoms with Crippen LogP contribution >= 0.6 is 0 Å². The van der Waals surface area contributed by atoms with Crippen LogP contribution in [0.4, 0.5) is 0 Å². The van der Waals surface area contributed by atoms with Crippen molar-refractivity contribution >= 4 is 5.91 Å². The summed E-state index contributed by atoms with van der Waals surface area (Å²) < 4.78 is 0. The predicted molar refractivity (Wildman–Crippen MR) is 96.3 cm³/mol. The smallest absolute Gasteiger partial charge is 0.335 e. The van der Waals surface area contributed by atoms with Crippen LogP contribution in [0.5, 0.6) is 0 Å². The largest absolute Gasteiger partial charge is 2.00 e. The van der Waals surface area contributed by atoms with Crippen molar-refractivity contribution in [2.45, 2.75) is 0 Å². The van der Waals surface area contributed by atoms with E-state index >= 15 is 0 Å². The molecule has 2 heterocycles. The van der Waals surface area contributed by atoms with Gasteiger partial charge in [-0.05, 0) is 63.7 Å². The second-order valence-electron chi connectivity index (χ2n) is 5.91. The van der Waals surface area contributed by atoms with Crippen molar-refractivity contribution in [2.24, 2.45) is 0 Å². The molecule has 1 aromatic heterocycles. The Kier molecular flexibility index (Phi) is 9.58. The van der Waals surface area contributed by atoms with Crippen molar-refractivity contribution < 1.29 is 21.9 Å². The fourth-order valence-corrected chi connectivity index (χ4v) is 2.78. The van der Waals surface area contributed by atoms with E-state index < -0.39 is 0 Å². The topological polar surface area (TPSA) is 49.3 Å². The Labute approximate surface area is 168 Å². The molecule has 1 aromatic rings. The van der Waals surface area contributed by atoms with Gasteiger partial charge in [0.05, 0.1) is 6.20 Å². The van der Waals surface area contributed by atoms with Gasteiger partial charge in [0.25, 0.3) is 5.91 Å². The Morgan fingerprint density at radius 3 is 2.04 bits per heavy atom. The van der Waals surface area contributed by atoms with Crippen LogP contribution in [-0.2, 0) is 17.1 Å². The van der Waals surface area contributed by atoms with E-state index in [1.54, 1.807) is 12.4 Å². The molecule has 3 aliphatic rings. The Bertz CT molecular complexity index is 502. The molecule has 3 fully saturated rings. The number of aromatic nitrogens is 2. The molecule has 0 unspecified atom stereocenters. The summed E-state index contributed by atoms with van der Waals surface area (Å²) in [6.07, 6.45) is 23.0. The van der Waals surface area contributed by atoms with E-state index in [2.05, 4.69) is 40.6 Å². The van der Waals surface area contributed by atoms with Gasteiger partial charge in [-0.25, -0.2) is 4.98 Å². The SMILES string of the molecule is O=C(c1cnccn1)N1CCN(C[C]2[CH][CH][CH][CH]2)CC1.[CH]1[CH][CH][CH][CH]1.[Fe+2]. The van der Waals surface area contributed by atoms with Crippen molar-refractivity contribution in [1.29, 1.82) is 0 Å². The van der Waals surface area contributed by atoms with Gasteiger partial charge in [0.15, 0.2) is 0 Å². The molecule has 0 atom stereocenters. The van der Waals surface area contributed by atoms with Gasteiger partial charge in [-0.2, -0.15) is 0 Å². The van der Waals surface area contributed by atoms with Gasteiger partial charge in [-0.3, -0.25) is 14.7 Å². The molecule has 5 nitrogen and oxygen atoms in total. The third kappa shape index (κ3) is 6.64. The zero-order valence-corrected chi connectivity index (χ0v) is 15.6. The first-order chi connectivity index (χ1) is 12.3. The number of piperazine rings is 1. The Morgan fingerprint density at radius 2 is 1.50 bits per heavy atom. The fraction of sp³-hybridized carbons (Fsp3) is 0.250. The van der Waals surface area contributed by atoms with E-state index in [1.807, 2.05) is 37.0 Å². The summed E-state index contributed by atoms with van der Waals surface area (Å²) in [7, 11) is 0. The van der Waals surface area contributed by atoms with Gasteiger partial charge in [0, 0.05) is 45.1 Å². The number of hydrogen-bond acceptors (Lipinski definition) is 4. The standard InChI is InChI=1S/C15H17N4O.C5H5.Fe/c20-15(14-11-16-5-6-17-14)19-9-7-18(8-10-19)12-13-3-1-2-4-13;1-2-4-5-3-1;/h1-6,11H,7-10,12H2;1-5H;/q;;+2. The molecule has 0 aromatic carbocycles. The number of nitrogens with zero attached hydrogens (tertiary/aromatic N) is 4. The minimum absolute atomic E-state index is 0. The molecule has 4 rings (SSSR count). The van der Waals surface area contributed by atoms with Crippen molar-refractivity contribution in [3.63, 3.8) is 0 Å². The second kappa shape index (κ2) is 11.7. The summed E-state index contributed by atoms with van der Waals surface area (Å²) in [5, 5.41) is 0. The average molecular weight is 390 g/mol. The zero-order chi connectivity index (χ0) is 17.3. The van der Waals surface area contributed by atoms with Crippen molar-refractivity contribution in [2.75, 3.05) is 32.7 Å². The van der Waals surface area contributed by atoms with E-state index in [1.165, 1.54) is 12.1 Å². The molecule has 0 N–H and O–H groups in total. The molecule has 10 radical (unpaired) electrons. The maximum absolute atomic E-state index is 12.2. The second-order valence-corrected chi connectivity index (χ2v) is 5.91. The Morgan fingerprint density at radius 1 is 0.885 bits per heavy atom. The monoisotopic (exact) mass is 390 g/mol. The van der Waals surface area contributed by atoms with Crippen molar-refractivity contribution in [3.05, 3.63) is 88.0 Å². The minimum Gasteiger partial charge on any atom is -0.335 e.